The third kappa shape index (κ3) is 4.07. The van der Waals surface area contributed by atoms with Gasteiger partial charge in [0.25, 0.3) is 0 Å². The second kappa shape index (κ2) is 7.08. The third-order valence-electron chi connectivity index (χ3n) is 3.70. The Morgan fingerprint density at radius 2 is 1.62 bits per heavy atom. The minimum atomic E-state index is -0.0751. The third-order valence-corrected chi connectivity index (χ3v) is 3.70. The number of amides is 1. The SMILES string of the molecule is Cc1ccc(CC(=O)NCc2nc(-c3ccc(C)cc3)no2)cc1. The van der Waals surface area contributed by atoms with Crippen molar-refractivity contribution in [3.63, 3.8) is 0 Å². The Kier molecular flexibility index (Phi) is 4.70. The summed E-state index contributed by atoms with van der Waals surface area (Å²) in [6.07, 6.45) is 0.333. The Hall–Kier alpha value is -2.95. The van der Waals surface area contributed by atoms with Crippen molar-refractivity contribution in [2.24, 2.45) is 0 Å². The molecule has 5 nitrogen and oxygen atoms in total. The average Bonchev–Trinajstić information content (AvgIpc) is 3.05. The second-order valence-electron chi connectivity index (χ2n) is 5.82. The molecule has 5 heteroatoms. The maximum Gasteiger partial charge on any atom is 0.246 e. The van der Waals surface area contributed by atoms with E-state index in [2.05, 4.69) is 15.5 Å². The molecule has 0 atom stereocenters. The smallest absolute Gasteiger partial charge is 0.246 e. The van der Waals surface area contributed by atoms with Gasteiger partial charge in [0.05, 0.1) is 13.0 Å². The molecule has 0 saturated heterocycles. The summed E-state index contributed by atoms with van der Waals surface area (Å²) < 4.78 is 5.19. The zero-order valence-corrected chi connectivity index (χ0v) is 13.7. The van der Waals surface area contributed by atoms with Gasteiger partial charge in [-0.1, -0.05) is 64.8 Å². The van der Waals surface area contributed by atoms with Crippen molar-refractivity contribution in [1.29, 1.82) is 0 Å². The summed E-state index contributed by atoms with van der Waals surface area (Å²) in [6.45, 7) is 4.27. The van der Waals surface area contributed by atoms with E-state index in [1.54, 1.807) is 0 Å². The van der Waals surface area contributed by atoms with Gasteiger partial charge in [0.2, 0.25) is 17.6 Å². The largest absolute Gasteiger partial charge is 0.347 e. The average molecular weight is 321 g/mol. The number of rotatable bonds is 5. The Labute approximate surface area is 140 Å². The monoisotopic (exact) mass is 321 g/mol. The Morgan fingerprint density at radius 1 is 1.00 bits per heavy atom. The van der Waals surface area contributed by atoms with Crippen LogP contribution >= 0.6 is 0 Å². The predicted octanol–water partition coefficient (Wildman–Crippen LogP) is 3.21. The maximum absolute atomic E-state index is 12.0. The van der Waals surface area contributed by atoms with Gasteiger partial charge < -0.3 is 9.84 Å². The molecule has 122 valence electrons. The van der Waals surface area contributed by atoms with E-state index >= 15 is 0 Å². The van der Waals surface area contributed by atoms with Gasteiger partial charge in [-0.15, -0.1) is 0 Å². The van der Waals surface area contributed by atoms with Crippen molar-refractivity contribution < 1.29 is 9.32 Å². The van der Waals surface area contributed by atoms with Crippen molar-refractivity contribution in [2.75, 3.05) is 0 Å². The van der Waals surface area contributed by atoms with Crippen LogP contribution < -0.4 is 5.32 Å². The molecule has 0 aliphatic rings. The molecule has 1 amide bonds. The standard InChI is InChI=1S/C19H19N3O2/c1-13-3-7-15(8-4-13)11-17(23)20-12-18-21-19(22-24-18)16-9-5-14(2)6-10-16/h3-10H,11-12H2,1-2H3,(H,20,23). The summed E-state index contributed by atoms with van der Waals surface area (Å²) in [5.74, 6) is 0.842. The molecular formula is C19H19N3O2. The first-order chi connectivity index (χ1) is 11.6. The first kappa shape index (κ1) is 15.9. The molecule has 0 fully saturated rings. The normalized spacial score (nSPS) is 10.6. The molecule has 3 aromatic rings. The highest BCUT2D eigenvalue weighted by molar-refractivity contribution is 5.78. The van der Waals surface area contributed by atoms with Crippen LogP contribution in [0.25, 0.3) is 11.4 Å². The van der Waals surface area contributed by atoms with E-state index in [0.717, 1.165) is 11.1 Å². The summed E-state index contributed by atoms with van der Waals surface area (Å²) in [4.78, 5) is 16.3. The lowest BCUT2D eigenvalue weighted by molar-refractivity contribution is -0.120. The Morgan fingerprint density at radius 3 is 2.29 bits per heavy atom. The van der Waals surface area contributed by atoms with Crippen molar-refractivity contribution in [2.45, 2.75) is 26.8 Å². The lowest BCUT2D eigenvalue weighted by Crippen LogP contribution is -2.24. The number of benzene rings is 2. The Bertz CT molecular complexity index is 821. The molecule has 1 N–H and O–H groups in total. The fourth-order valence-corrected chi connectivity index (χ4v) is 2.27. The van der Waals surface area contributed by atoms with Gasteiger partial charge in [0.15, 0.2) is 0 Å². The van der Waals surface area contributed by atoms with Gasteiger partial charge in [-0.3, -0.25) is 4.79 Å². The molecule has 0 saturated carbocycles. The number of hydrogen-bond acceptors (Lipinski definition) is 4. The molecule has 3 rings (SSSR count). The zero-order chi connectivity index (χ0) is 16.9. The molecule has 1 aromatic heterocycles. The van der Waals surface area contributed by atoms with Crippen LogP contribution in [-0.4, -0.2) is 16.0 Å². The second-order valence-corrected chi connectivity index (χ2v) is 5.82. The van der Waals surface area contributed by atoms with Crippen molar-refractivity contribution in [3.8, 4) is 11.4 Å². The Balaban J connectivity index is 1.56. The first-order valence-corrected chi connectivity index (χ1v) is 7.82. The van der Waals surface area contributed by atoms with Crippen molar-refractivity contribution in [1.82, 2.24) is 15.5 Å². The molecule has 0 unspecified atom stereocenters. The van der Waals surface area contributed by atoms with Crippen molar-refractivity contribution in [3.05, 3.63) is 71.1 Å². The van der Waals surface area contributed by atoms with Crippen molar-refractivity contribution >= 4 is 5.91 Å². The molecule has 2 aromatic carbocycles. The van der Waals surface area contributed by atoms with Gasteiger partial charge in [-0.05, 0) is 19.4 Å². The summed E-state index contributed by atoms with van der Waals surface area (Å²) in [6, 6.07) is 15.8. The minimum absolute atomic E-state index is 0.0751. The minimum Gasteiger partial charge on any atom is -0.347 e. The van der Waals surface area contributed by atoms with Crippen LogP contribution in [0, 0.1) is 13.8 Å². The topological polar surface area (TPSA) is 68.0 Å². The predicted molar refractivity (Wildman–Crippen MR) is 91.2 cm³/mol. The molecular weight excluding hydrogens is 302 g/mol. The summed E-state index contributed by atoms with van der Waals surface area (Å²) >= 11 is 0. The van der Waals surface area contributed by atoms with Crippen LogP contribution in [0.4, 0.5) is 0 Å². The number of carbonyl (C=O) groups is 1. The van der Waals surface area contributed by atoms with Crippen LogP contribution in [0.5, 0.6) is 0 Å². The summed E-state index contributed by atoms with van der Waals surface area (Å²) in [5, 5.41) is 6.75. The highest BCUT2D eigenvalue weighted by atomic mass is 16.5. The molecule has 0 spiro atoms. The molecule has 24 heavy (non-hydrogen) atoms. The van der Waals surface area contributed by atoms with E-state index in [-0.39, 0.29) is 12.5 Å². The first-order valence-electron chi connectivity index (χ1n) is 7.82. The summed E-state index contributed by atoms with van der Waals surface area (Å²) in [5.41, 5.74) is 4.21. The fourth-order valence-electron chi connectivity index (χ4n) is 2.27. The molecule has 0 aliphatic carbocycles. The van der Waals surface area contributed by atoms with E-state index in [4.69, 9.17) is 4.52 Å². The lowest BCUT2D eigenvalue weighted by atomic mass is 10.1. The van der Waals surface area contributed by atoms with Crippen LogP contribution in [0.15, 0.2) is 53.1 Å². The maximum atomic E-state index is 12.0. The number of nitrogens with one attached hydrogen (secondary N) is 1. The van der Waals surface area contributed by atoms with E-state index in [1.807, 2.05) is 62.4 Å². The van der Waals surface area contributed by atoms with Gasteiger partial charge in [-0.25, -0.2) is 0 Å². The van der Waals surface area contributed by atoms with E-state index < -0.39 is 0 Å². The molecule has 0 bridgehead atoms. The van der Waals surface area contributed by atoms with Crippen LogP contribution in [0.3, 0.4) is 0 Å². The lowest BCUT2D eigenvalue weighted by Gasteiger charge is -2.03. The van der Waals surface area contributed by atoms with Gasteiger partial charge in [0, 0.05) is 5.56 Å². The van der Waals surface area contributed by atoms with Crippen LogP contribution in [0.1, 0.15) is 22.6 Å². The summed E-state index contributed by atoms with van der Waals surface area (Å²) in [7, 11) is 0. The van der Waals surface area contributed by atoms with Gasteiger partial charge in [0.1, 0.15) is 0 Å². The number of aromatic nitrogens is 2. The van der Waals surface area contributed by atoms with E-state index in [0.29, 0.717) is 18.1 Å². The van der Waals surface area contributed by atoms with Crippen LogP contribution in [0.2, 0.25) is 0 Å². The number of carbonyl (C=O) groups excluding carboxylic acids is 1. The number of nitrogens with zero attached hydrogens (tertiary/aromatic N) is 2. The molecule has 0 aliphatic heterocycles. The highest BCUT2D eigenvalue weighted by Crippen LogP contribution is 2.16. The van der Waals surface area contributed by atoms with Gasteiger partial charge in [-0.2, -0.15) is 4.98 Å². The van der Waals surface area contributed by atoms with E-state index in [1.165, 1.54) is 11.1 Å². The van der Waals surface area contributed by atoms with E-state index in [9.17, 15) is 4.79 Å². The highest BCUT2D eigenvalue weighted by Gasteiger charge is 2.10. The number of hydrogen-bond donors (Lipinski definition) is 1. The molecule has 0 radical (unpaired) electrons. The fraction of sp³-hybridized carbons (Fsp3) is 0.211. The van der Waals surface area contributed by atoms with Gasteiger partial charge >= 0.3 is 0 Å². The number of aryl methyl sites for hydroxylation is 2. The van der Waals surface area contributed by atoms with Crippen LogP contribution in [-0.2, 0) is 17.8 Å². The quantitative estimate of drug-likeness (QED) is 0.783. The molecule has 1 heterocycles. The zero-order valence-electron chi connectivity index (χ0n) is 13.7.